The fourth-order valence-electron chi connectivity index (χ4n) is 3.09. The first-order valence-electron chi connectivity index (χ1n) is 9.17. The van der Waals surface area contributed by atoms with Gasteiger partial charge in [-0.3, -0.25) is 9.78 Å². The molecular weight excluding hydrogens is 368 g/mol. The van der Waals surface area contributed by atoms with Crippen molar-refractivity contribution in [3.05, 3.63) is 71.4 Å². The van der Waals surface area contributed by atoms with E-state index in [0.717, 1.165) is 16.8 Å². The molecule has 0 aliphatic rings. The summed E-state index contributed by atoms with van der Waals surface area (Å²) in [4.78, 5) is 17.3. The standard InChI is InChI=1S/C23H24N2O4/c1-15-18(10-11-19(25-15)17-8-6-5-7-9-17)23(26)24-14-16-12-20(27-2)22(29-4)21(13-16)28-3/h5-13H,14H2,1-4H3,(H,24,26). The molecule has 0 spiro atoms. The molecule has 0 aliphatic heterocycles. The SMILES string of the molecule is COc1cc(CNC(=O)c2ccc(-c3ccccc3)nc2C)cc(OC)c1OC. The maximum absolute atomic E-state index is 12.7. The van der Waals surface area contributed by atoms with Crippen LogP contribution in [0.3, 0.4) is 0 Å². The summed E-state index contributed by atoms with van der Waals surface area (Å²) >= 11 is 0. The van der Waals surface area contributed by atoms with Gasteiger partial charge in [-0.1, -0.05) is 30.3 Å². The number of aryl methyl sites for hydroxylation is 1. The number of aromatic nitrogens is 1. The Hall–Kier alpha value is -3.54. The first-order valence-corrected chi connectivity index (χ1v) is 9.17. The van der Waals surface area contributed by atoms with E-state index in [0.29, 0.717) is 35.1 Å². The second kappa shape index (κ2) is 9.10. The van der Waals surface area contributed by atoms with Crippen molar-refractivity contribution < 1.29 is 19.0 Å². The van der Waals surface area contributed by atoms with Gasteiger partial charge < -0.3 is 19.5 Å². The maximum Gasteiger partial charge on any atom is 0.253 e. The summed E-state index contributed by atoms with van der Waals surface area (Å²) in [7, 11) is 4.67. The zero-order valence-corrected chi connectivity index (χ0v) is 17.0. The molecule has 1 N–H and O–H groups in total. The highest BCUT2D eigenvalue weighted by Gasteiger charge is 2.15. The van der Waals surface area contributed by atoms with Gasteiger partial charge in [0.2, 0.25) is 5.75 Å². The van der Waals surface area contributed by atoms with Crippen molar-refractivity contribution in [3.8, 4) is 28.5 Å². The van der Waals surface area contributed by atoms with Gasteiger partial charge in [-0.25, -0.2) is 0 Å². The zero-order chi connectivity index (χ0) is 20.8. The lowest BCUT2D eigenvalue weighted by molar-refractivity contribution is 0.0950. The normalized spacial score (nSPS) is 10.3. The Balaban J connectivity index is 1.76. The van der Waals surface area contributed by atoms with Crippen molar-refractivity contribution in [3.63, 3.8) is 0 Å². The fourth-order valence-corrected chi connectivity index (χ4v) is 3.09. The molecular formula is C23H24N2O4. The van der Waals surface area contributed by atoms with Crippen molar-refractivity contribution in [2.75, 3.05) is 21.3 Å². The number of hydrogen-bond donors (Lipinski definition) is 1. The van der Waals surface area contributed by atoms with Crippen molar-refractivity contribution in [2.24, 2.45) is 0 Å². The third kappa shape index (κ3) is 4.48. The number of nitrogens with zero attached hydrogens (tertiary/aromatic N) is 1. The van der Waals surface area contributed by atoms with Crippen LogP contribution in [0.25, 0.3) is 11.3 Å². The van der Waals surface area contributed by atoms with Crippen LogP contribution in [0, 0.1) is 6.92 Å². The van der Waals surface area contributed by atoms with E-state index in [4.69, 9.17) is 14.2 Å². The van der Waals surface area contributed by atoms with E-state index in [1.165, 1.54) is 0 Å². The van der Waals surface area contributed by atoms with E-state index in [1.54, 1.807) is 27.4 Å². The van der Waals surface area contributed by atoms with Crippen molar-refractivity contribution in [1.29, 1.82) is 0 Å². The molecule has 6 heteroatoms. The van der Waals surface area contributed by atoms with E-state index in [9.17, 15) is 4.79 Å². The molecule has 0 saturated carbocycles. The molecule has 6 nitrogen and oxygen atoms in total. The van der Waals surface area contributed by atoms with Gasteiger partial charge in [0.15, 0.2) is 11.5 Å². The van der Waals surface area contributed by atoms with Gasteiger partial charge in [-0.2, -0.15) is 0 Å². The summed E-state index contributed by atoms with van der Waals surface area (Å²) in [5.41, 5.74) is 3.90. The van der Waals surface area contributed by atoms with Gasteiger partial charge in [0, 0.05) is 12.1 Å². The molecule has 1 heterocycles. The van der Waals surface area contributed by atoms with Crippen LogP contribution in [0.15, 0.2) is 54.6 Å². The summed E-state index contributed by atoms with van der Waals surface area (Å²) < 4.78 is 16.0. The molecule has 2 aromatic carbocycles. The van der Waals surface area contributed by atoms with Gasteiger partial charge in [0.1, 0.15) is 0 Å². The van der Waals surface area contributed by atoms with Crippen molar-refractivity contribution >= 4 is 5.91 Å². The summed E-state index contributed by atoms with van der Waals surface area (Å²) in [6, 6.07) is 17.1. The highest BCUT2D eigenvalue weighted by molar-refractivity contribution is 5.95. The van der Waals surface area contributed by atoms with Gasteiger partial charge >= 0.3 is 0 Å². The lowest BCUT2D eigenvalue weighted by atomic mass is 10.1. The van der Waals surface area contributed by atoms with Gasteiger partial charge in [-0.05, 0) is 36.8 Å². The molecule has 29 heavy (non-hydrogen) atoms. The third-order valence-electron chi connectivity index (χ3n) is 4.58. The predicted molar refractivity (Wildman–Crippen MR) is 112 cm³/mol. The Morgan fingerprint density at radius 1 is 0.931 bits per heavy atom. The minimum absolute atomic E-state index is 0.191. The summed E-state index contributed by atoms with van der Waals surface area (Å²) in [5, 5.41) is 2.92. The lowest BCUT2D eigenvalue weighted by Crippen LogP contribution is -2.24. The quantitative estimate of drug-likeness (QED) is 0.658. The molecule has 0 atom stereocenters. The molecule has 0 saturated heterocycles. The van der Waals surface area contributed by atoms with E-state index in [1.807, 2.05) is 55.5 Å². The van der Waals surface area contributed by atoms with E-state index < -0.39 is 0 Å². The summed E-state index contributed by atoms with van der Waals surface area (Å²) in [6.07, 6.45) is 0. The molecule has 150 valence electrons. The number of nitrogens with one attached hydrogen (secondary N) is 1. The van der Waals surface area contributed by atoms with Gasteiger partial charge in [-0.15, -0.1) is 0 Å². The fraction of sp³-hybridized carbons (Fsp3) is 0.217. The number of carbonyl (C=O) groups is 1. The second-order valence-electron chi connectivity index (χ2n) is 6.41. The monoisotopic (exact) mass is 392 g/mol. The van der Waals surface area contributed by atoms with Gasteiger partial charge in [0.25, 0.3) is 5.91 Å². The number of benzene rings is 2. The van der Waals surface area contributed by atoms with E-state index in [2.05, 4.69) is 10.3 Å². The average molecular weight is 392 g/mol. The molecule has 3 rings (SSSR count). The van der Waals surface area contributed by atoms with E-state index in [-0.39, 0.29) is 5.91 Å². The smallest absolute Gasteiger partial charge is 0.253 e. The number of rotatable bonds is 7. The highest BCUT2D eigenvalue weighted by atomic mass is 16.5. The molecule has 1 aromatic heterocycles. The van der Waals surface area contributed by atoms with Crippen LogP contribution in [-0.4, -0.2) is 32.2 Å². The Morgan fingerprint density at radius 3 is 2.14 bits per heavy atom. The largest absolute Gasteiger partial charge is 0.493 e. The Bertz CT molecular complexity index is 978. The Morgan fingerprint density at radius 2 is 1.59 bits per heavy atom. The van der Waals surface area contributed by atoms with Gasteiger partial charge in [0.05, 0.1) is 38.3 Å². The zero-order valence-electron chi connectivity index (χ0n) is 17.0. The minimum atomic E-state index is -0.191. The number of amides is 1. The first-order chi connectivity index (χ1) is 14.1. The maximum atomic E-state index is 12.7. The number of carbonyl (C=O) groups excluding carboxylic acids is 1. The minimum Gasteiger partial charge on any atom is -0.493 e. The Kier molecular flexibility index (Phi) is 6.34. The summed E-state index contributed by atoms with van der Waals surface area (Å²) in [5.74, 6) is 1.41. The second-order valence-corrected chi connectivity index (χ2v) is 6.41. The Labute approximate surface area is 170 Å². The van der Waals surface area contributed by atoms with Crippen LogP contribution in [-0.2, 0) is 6.54 Å². The topological polar surface area (TPSA) is 69.7 Å². The van der Waals surface area contributed by atoms with Crippen LogP contribution < -0.4 is 19.5 Å². The molecule has 0 aliphatic carbocycles. The highest BCUT2D eigenvalue weighted by Crippen LogP contribution is 2.38. The molecule has 3 aromatic rings. The number of pyridine rings is 1. The van der Waals surface area contributed by atoms with Crippen LogP contribution in [0.2, 0.25) is 0 Å². The average Bonchev–Trinajstić information content (AvgIpc) is 2.77. The third-order valence-corrected chi connectivity index (χ3v) is 4.58. The summed E-state index contributed by atoms with van der Waals surface area (Å²) in [6.45, 7) is 2.15. The van der Waals surface area contributed by atoms with Crippen LogP contribution >= 0.6 is 0 Å². The molecule has 0 unspecified atom stereocenters. The number of methoxy groups -OCH3 is 3. The van der Waals surface area contributed by atoms with E-state index >= 15 is 0 Å². The number of hydrogen-bond acceptors (Lipinski definition) is 5. The van der Waals surface area contributed by atoms with Crippen LogP contribution in [0.4, 0.5) is 0 Å². The molecule has 0 bridgehead atoms. The lowest BCUT2D eigenvalue weighted by Gasteiger charge is -2.15. The molecule has 1 amide bonds. The predicted octanol–water partition coefficient (Wildman–Crippen LogP) is 4.01. The molecule has 0 fully saturated rings. The first kappa shape index (κ1) is 20.2. The van der Waals surface area contributed by atoms with Crippen molar-refractivity contribution in [1.82, 2.24) is 10.3 Å². The molecule has 0 radical (unpaired) electrons. The van der Waals surface area contributed by atoms with Crippen molar-refractivity contribution in [2.45, 2.75) is 13.5 Å². The van der Waals surface area contributed by atoms with Crippen LogP contribution in [0.1, 0.15) is 21.6 Å². The van der Waals surface area contributed by atoms with Crippen LogP contribution in [0.5, 0.6) is 17.2 Å². The number of ether oxygens (including phenoxy) is 3.